The van der Waals surface area contributed by atoms with E-state index in [9.17, 15) is 5.11 Å². The molecule has 0 aliphatic heterocycles. The van der Waals surface area contributed by atoms with Gasteiger partial charge in [0, 0.05) is 31.9 Å². The molecule has 1 N–H and O–H groups in total. The van der Waals surface area contributed by atoms with Gasteiger partial charge in [0.05, 0.1) is 26.9 Å². The van der Waals surface area contributed by atoms with Crippen molar-refractivity contribution in [3.8, 4) is 5.69 Å². The molecule has 2 aromatic heterocycles. The van der Waals surface area contributed by atoms with E-state index in [2.05, 4.69) is 102 Å². The lowest BCUT2D eigenvalue weighted by Crippen LogP contribution is -2.49. The summed E-state index contributed by atoms with van der Waals surface area (Å²) in [5, 5.41) is 18.2. The first-order valence-corrected chi connectivity index (χ1v) is 14.2. The van der Waals surface area contributed by atoms with E-state index in [1.54, 1.807) is 21.3 Å². The van der Waals surface area contributed by atoms with E-state index < -0.39 is 11.2 Å². The van der Waals surface area contributed by atoms with Gasteiger partial charge in [-0.25, -0.2) is 0 Å². The molecular formula is C34H29BNO2S. The van der Waals surface area contributed by atoms with E-state index in [1.165, 1.54) is 52.8 Å². The zero-order valence-corrected chi connectivity index (χ0v) is 23.3. The molecule has 0 fully saturated rings. The number of fused-ring (bicyclic) bond motifs is 10. The fourth-order valence-electron chi connectivity index (χ4n) is 5.46. The van der Waals surface area contributed by atoms with Crippen molar-refractivity contribution in [2.45, 2.75) is 38.9 Å². The smallest absolute Gasteiger partial charge is 0.330 e. The van der Waals surface area contributed by atoms with Gasteiger partial charge < -0.3 is 14.3 Å². The van der Waals surface area contributed by atoms with Crippen molar-refractivity contribution in [3.05, 3.63) is 97.1 Å². The van der Waals surface area contributed by atoms with E-state index >= 15 is 0 Å². The Bertz CT molecular complexity index is 2030. The second kappa shape index (κ2) is 8.69. The number of hydrogen-bond acceptors (Lipinski definition) is 3. The number of aliphatic hydroxyl groups is 1. The summed E-state index contributed by atoms with van der Waals surface area (Å²) in [6, 6.07) is 34.8. The maximum absolute atomic E-state index is 10.5. The summed E-state index contributed by atoms with van der Waals surface area (Å²) in [5.41, 5.74) is 2.82. The second-order valence-electron chi connectivity index (χ2n) is 11.3. The number of rotatable bonds is 5. The molecule has 191 valence electrons. The van der Waals surface area contributed by atoms with Crippen LogP contribution >= 0.6 is 11.3 Å². The van der Waals surface area contributed by atoms with Crippen LogP contribution in [0.2, 0.25) is 0 Å². The van der Waals surface area contributed by atoms with Crippen molar-refractivity contribution in [1.29, 1.82) is 0 Å². The van der Waals surface area contributed by atoms with Gasteiger partial charge in [-0.2, -0.15) is 0 Å². The first-order valence-electron chi connectivity index (χ1n) is 13.3. The number of aromatic nitrogens is 1. The molecule has 0 atom stereocenters. The highest BCUT2D eigenvalue weighted by Gasteiger charge is 2.35. The molecule has 0 aliphatic rings. The van der Waals surface area contributed by atoms with Crippen molar-refractivity contribution in [2.75, 3.05) is 0 Å². The van der Waals surface area contributed by atoms with E-state index in [0.29, 0.717) is 0 Å². The van der Waals surface area contributed by atoms with Crippen LogP contribution in [-0.4, -0.2) is 28.4 Å². The van der Waals surface area contributed by atoms with Crippen LogP contribution in [0.15, 0.2) is 97.1 Å². The predicted molar refractivity (Wildman–Crippen MR) is 168 cm³/mol. The van der Waals surface area contributed by atoms with Gasteiger partial charge in [0.25, 0.3) is 0 Å². The molecule has 0 saturated carbocycles. The zero-order chi connectivity index (χ0) is 26.9. The molecule has 5 heteroatoms. The maximum atomic E-state index is 10.5. The zero-order valence-electron chi connectivity index (χ0n) is 22.5. The number of para-hydroxylation sites is 1. The van der Waals surface area contributed by atoms with Crippen molar-refractivity contribution in [2.24, 2.45) is 0 Å². The van der Waals surface area contributed by atoms with E-state index in [4.69, 9.17) is 4.65 Å². The van der Waals surface area contributed by atoms with Gasteiger partial charge in [-0.1, -0.05) is 78.3 Å². The molecule has 0 bridgehead atoms. The standard InChI is InChI=1S/C34H29BNO2S/c1-33(2,37)34(3,4)38-35-21-17-19-22(20-18-21)36-27-15-9-7-13-25(27)29-23-11-5-6-12-24(23)30-26-14-8-10-16-28(26)39-32(30)31(29)36/h5-20,37H,1-4H3. The molecule has 0 aliphatic carbocycles. The Balaban J connectivity index is 1.49. The van der Waals surface area contributed by atoms with Crippen LogP contribution in [0.1, 0.15) is 27.7 Å². The summed E-state index contributed by atoms with van der Waals surface area (Å²) in [7, 11) is 1.74. The first kappa shape index (κ1) is 24.4. The summed E-state index contributed by atoms with van der Waals surface area (Å²) in [6.07, 6.45) is 0. The Morgan fingerprint density at radius 2 is 1.28 bits per heavy atom. The number of hydrogen-bond donors (Lipinski definition) is 1. The highest BCUT2D eigenvalue weighted by molar-refractivity contribution is 7.27. The average Bonchev–Trinajstić information content (AvgIpc) is 3.49. The monoisotopic (exact) mass is 526 g/mol. The fraction of sp³-hybridized carbons (Fsp3) is 0.176. The maximum Gasteiger partial charge on any atom is 0.330 e. The van der Waals surface area contributed by atoms with Gasteiger partial charge in [0.15, 0.2) is 0 Å². The molecule has 0 unspecified atom stereocenters. The number of nitrogens with zero attached hydrogens (tertiary/aromatic N) is 1. The van der Waals surface area contributed by atoms with Crippen LogP contribution in [0.4, 0.5) is 0 Å². The Labute approximate surface area is 232 Å². The van der Waals surface area contributed by atoms with Crippen LogP contribution in [0.3, 0.4) is 0 Å². The third-order valence-corrected chi connectivity index (χ3v) is 9.44. The van der Waals surface area contributed by atoms with Crippen LogP contribution in [0.25, 0.3) is 58.4 Å². The lowest BCUT2D eigenvalue weighted by molar-refractivity contribution is -0.0893. The molecule has 0 spiro atoms. The number of benzene rings is 5. The van der Waals surface area contributed by atoms with Crippen LogP contribution in [-0.2, 0) is 4.65 Å². The van der Waals surface area contributed by atoms with Crippen molar-refractivity contribution < 1.29 is 9.76 Å². The van der Waals surface area contributed by atoms with Crippen LogP contribution < -0.4 is 5.46 Å². The predicted octanol–water partition coefficient (Wildman–Crippen LogP) is 8.12. The van der Waals surface area contributed by atoms with Gasteiger partial charge in [-0.15, -0.1) is 11.3 Å². The van der Waals surface area contributed by atoms with Gasteiger partial charge >= 0.3 is 7.48 Å². The Morgan fingerprint density at radius 3 is 1.97 bits per heavy atom. The van der Waals surface area contributed by atoms with Crippen LogP contribution in [0.5, 0.6) is 0 Å². The highest BCUT2D eigenvalue weighted by atomic mass is 32.1. The van der Waals surface area contributed by atoms with Crippen molar-refractivity contribution >= 4 is 77.0 Å². The third-order valence-electron chi connectivity index (χ3n) is 8.27. The molecule has 1 radical (unpaired) electrons. The van der Waals surface area contributed by atoms with Crippen LogP contribution in [0, 0.1) is 0 Å². The van der Waals surface area contributed by atoms with E-state index in [1.807, 2.05) is 25.2 Å². The third kappa shape index (κ3) is 3.72. The Kier molecular flexibility index (Phi) is 5.44. The fourth-order valence-corrected chi connectivity index (χ4v) is 6.71. The second-order valence-corrected chi connectivity index (χ2v) is 12.4. The largest absolute Gasteiger partial charge is 0.427 e. The normalized spacial score (nSPS) is 12.8. The molecule has 2 heterocycles. The lowest BCUT2D eigenvalue weighted by Gasteiger charge is -2.37. The summed E-state index contributed by atoms with van der Waals surface area (Å²) in [5.74, 6) is 0. The van der Waals surface area contributed by atoms with E-state index in [0.717, 1.165) is 11.2 Å². The average molecular weight is 526 g/mol. The molecule has 39 heavy (non-hydrogen) atoms. The summed E-state index contributed by atoms with van der Waals surface area (Å²) >= 11 is 1.88. The molecular weight excluding hydrogens is 497 g/mol. The van der Waals surface area contributed by atoms with Crippen molar-refractivity contribution in [3.63, 3.8) is 0 Å². The summed E-state index contributed by atoms with van der Waals surface area (Å²) < 4.78 is 11.0. The van der Waals surface area contributed by atoms with E-state index in [-0.39, 0.29) is 0 Å². The molecule has 3 nitrogen and oxygen atoms in total. The van der Waals surface area contributed by atoms with Crippen molar-refractivity contribution in [1.82, 2.24) is 4.57 Å². The van der Waals surface area contributed by atoms with Gasteiger partial charge in [0.2, 0.25) is 0 Å². The minimum absolute atomic E-state index is 0.716. The highest BCUT2D eigenvalue weighted by Crippen LogP contribution is 2.47. The topological polar surface area (TPSA) is 34.4 Å². The first-order chi connectivity index (χ1) is 18.7. The molecule has 7 aromatic rings. The summed E-state index contributed by atoms with van der Waals surface area (Å²) in [4.78, 5) is 0. The quantitative estimate of drug-likeness (QED) is 0.230. The minimum atomic E-state index is -0.967. The SMILES string of the molecule is CC(C)(O)C(C)(C)O[B]c1ccc(-n2c3ccccc3c3c4ccccc4c4c5ccccc5sc4c32)cc1. The Morgan fingerprint density at radius 1 is 0.692 bits per heavy atom. The lowest BCUT2D eigenvalue weighted by atomic mass is 9.82. The Hall–Kier alpha value is -3.64. The molecule has 0 saturated heterocycles. The number of thiophene rings is 1. The molecule has 0 amide bonds. The molecule has 5 aromatic carbocycles. The molecule has 7 rings (SSSR count). The summed E-state index contributed by atoms with van der Waals surface area (Å²) in [6.45, 7) is 7.34. The van der Waals surface area contributed by atoms with Gasteiger partial charge in [-0.3, -0.25) is 0 Å². The van der Waals surface area contributed by atoms with Gasteiger partial charge in [-0.05, 0) is 62.7 Å². The minimum Gasteiger partial charge on any atom is -0.427 e. The van der Waals surface area contributed by atoms with Gasteiger partial charge in [0.1, 0.15) is 0 Å².